The van der Waals surface area contributed by atoms with E-state index in [4.69, 9.17) is 5.11 Å². The summed E-state index contributed by atoms with van der Waals surface area (Å²) in [6.07, 6.45) is 0. The molecule has 92 valence electrons. The van der Waals surface area contributed by atoms with E-state index in [1.54, 1.807) is 0 Å². The Morgan fingerprint density at radius 2 is 2.18 bits per heavy atom. The number of aliphatic hydroxyl groups excluding tert-OH is 1. The Labute approximate surface area is 97.1 Å². The second kappa shape index (κ2) is 5.26. The molecule has 0 unspecified atom stereocenters. The number of carbonyl (C=O) groups excluding carboxylic acids is 1. The molecule has 0 fully saturated rings. The zero-order valence-corrected chi connectivity index (χ0v) is 9.16. The minimum Gasteiger partial charge on any atom is -0.508 e. The standard InChI is InChI=1S/C10H12N2O5/c1-11(4-5-13)10(15)8-6-7(14)2-3-9(8)12(16)17/h2-3,6,13-14H,4-5H2,1H3. The van der Waals surface area contributed by atoms with Gasteiger partial charge in [0.25, 0.3) is 11.6 Å². The number of phenols is 1. The van der Waals surface area contributed by atoms with Gasteiger partial charge in [-0.25, -0.2) is 0 Å². The Balaban J connectivity index is 3.15. The maximum Gasteiger partial charge on any atom is 0.282 e. The molecular weight excluding hydrogens is 228 g/mol. The van der Waals surface area contributed by atoms with Crippen LogP contribution in [0.2, 0.25) is 0 Å². The summed E-state index contributed by atoms with van der Waals surface area (Å²) in [6.45, 7) is -0.180. The predicted molar refractivity (Wildman–Crippen MR) is 58.8 cm³/mol. The second-order valence-electron chi connectivity index (χ2n) is 3.41. The van der Waals surface area contributed by atoms with Crippen LogP contribution in [0, 0.1) is 10.1 Å². The first kappa shape index (κ1) is 12.9. The number of likely N-dealkylation sites (N-methyl/N-ethyl adjacent to an activating group) is 1. The molecule has 0 aliphatic rings. The van der Waals surface area contributed by atoms with Gasteiger partial charge in [-0.15, -0.1) is 0 Å². The Morgan fingerprint density at radius 1 is 1.53 bits per heavy atom. The molecule has 0 aliphatic carbocycles. The van der Waals surface area contributed by atoms with Gasteiger partial charge in [0.05, 0.1) is 11.5 Å². The molecule has 0 saturated heterocycles. The van der Waals surface area contributed by atoms with Gasteiger partial charge in [-0.3, -0.25) is 14.9 Å². The summed E-state index contributed by atoms with van der Waals surface area (Å²) in [5.74, 6) is -0.849. The quantitative estimate of drug-likeness (QED) is 0.584. The van der Waals surface area contributed by atoms with Gasteiger partial charge in [-0.2, -0.15) is 0 Å². The van der Waals surface area contributed by atoms with E-state index in [1.165, 1.54) is 7.05 Å². The lowest BCUT2D eigenvalue weighted by atomic mass is 10.1. The monoisotopic (exact) mass is 240 g/mol. The molecule has 0 bridgehead atoms. The fourth-order valence-corrected chi connectivity index (χ4v) is 1.31. The number of nitro benzene ring substituents is 1. The molecule has 0 spiro atoms. The third kappa shape index (κ3) is 2.91. The highest BCUT2D eigenvalue weighted by molar-refractivity contribution is 5.98. The predicted octanol–water partition coefficient (Wildman–Crippen LogP) is 0.365. The molecule has 0 radical (unpaired) electrons. The van der Waals surface area contributed by atoms with Crippen LogP contribution in [0.15, 0.2) is 18.2 Å². The van der Waals surface area contributed by atoms with Crippen LogP contribution in [0.25, 0.3) is 0 Å². The summed E-state index contributed by atoms with van der Waals surface area (Å²) in [7, 11) is 1.41. The number of amides is 1. The smallest absolute Gasteiger partial charge is 0.282 e. The molecule has 1 amide bonds. The molecule has 0 atom stereocenters. The molecule has 7 heteroatoms. The van der Waals surface area contributed by atoms with Crippen molar-refractivity contribution in [3.8, 4) is 5.75 Å². The fourth-order valence-electron chi connectivity index (χ4n) is 1.31. The molecular formula is C10H12N2O5. The van der Waals surface area contributed by atoms with Gasteiger partial charge in [0.1, 0.15) is 11.3 Å². The first-order valence-electron chi connectivity index (χ1n) is 4.81. The number of hydrogen-bond acceptors (Lipinski definition) is 5. The molecule has 1 rings (SSSR count). The van der Waals surface area contributed by atoms with Crippen molar-refractivity contribution < 1.29 is 19.9 Å². The van der Waals surface area contributed by atoms with Gasteiger partial charge in [0, 0.05) is 19.7 Å². The van der Waals surface area contributed by atoms with Crippen LogP contribution in [-0.2, 0) is 0 Å². The zero-order chi connectivity index (χ0) is 13.0. The number of nitro groups is 1. The number of phenolic OH excluding ortho intramolecular Hbond substituents is 1. The van der Waals surface area contributed by atoms with Crippen LogP contribution in [0.4, 0.5) is 5.69 Å². The van der Waals surface area contributed by atoms with Crippen LogP contribution in [0.1, 0.15) is 10.4 Å². The molecule has 1 aromatic rings. The van der Waals surface area contributed by atoms with E-state index in [-0.39, 0.29) is 30.2 Å². The molecule has 0 heterocycles. The van der Waals surface area contributed by atoms with E-state index >= 15 is 0 Å². The summed E-state index contributed by atoms with van der Waals surface area (Å²) >= 11 is 0. The van der Waals surface area contributed by atoms with Gasteiger partial charge < -0.3 is 15.1 Å². The summed E-state index contributed by atoms with van der Waals surface area (Å²) in [4.78, 5) is 23.0. The Morgan fingerprint density at radius 3 is 2.71 bits per heavy atom. The van der Waals surface area contributed by atoms with Gasteiger partial charge in [0.2, 0.25) is 0 Å². The third-order valence-corrected chi connectivity index (χ3v) is 2.19. The number of carbonyl (C=O) groups is 1. The number of nitrogens with zero attached hydrogens (tertiary/aromatic N) is 2. The number of aliphatic hydroxyl groups is 1. The van der Waals surface area contributed by atoms with Crippen LogP contribution in [0.5, 0.6) is 5.75 Å². The highest BCUT2D eigenvalue weighted by Crippen LogP contribution is 2.24. The lowest BCUT2D eigenvalue weighted by molar-refractivity contribution is -0.385. The Kier molecular flexibility index (Phi) is 4.00. The molecule has 2 N–H and O–H groups in total. The fraction of sp³-hybridized carbons (Fsp3) is 0.300. The molecule has 7 nitrogen and oxygen atoms in total. The highest BCUT2D eigenvalue weighted by Gasteiger charge is 2.23. The van der Waals surface area contributed by atoms with Crippen LogP contribution >= 0.6 is 0 Å². The van der Waals surface area contributed by atoms with Crippen molar-refractivity contribution in [1.29, 1.82) is 0 Å². The molecule has 0 aliphatic heterocycles. The van der Waals surface area contributed by atoms with Crippen LogP contribution in [-0.4, -0.2) is 46.1 Å². The SMILES string of the molecule is CN(CCO)C(=O)c1cc(O)ccc1[N+](=O)[O-]. The van der Waals surface area contributed by atoms with Gasteiger partial charge in [0.15, 0.2) is 0 Å². The molecule has 17 heavy (non-hydrogen) atoms. The minimum atomic E-state index is -0.695. The van der Waals surface area contributed by atoms with Crippen molar-refractivity contribution in [2.75, 3.05) is 20.2 Å². The average Bonchev–Trinajstić information content (AvgIpc) is 2.27. The van der Waals surface area contributed by atoms with E-state index in [9.17, 15) is 20.0 Å². The first-order chi connectivity index (χ1) is 7.97. The van der Waals surface area contributed by atoms with E-state index < -0.39 is 10.8 Å². The number of rotatable bonds is 4. The maximum absolute atomic E-state index is 11.8. The lowest BCUT2D eigenvalue weighted by Gasteiger charge is -2.15. The third-order valence-electron chi connectivity index (χ3n) is 2.19. The highest BCUT2D eigenvalue weighted by atomic mass is 16.6. The summed E-state index contributed by atoms with van der Waals surface area (Å²) in [5, 5.41) is 28.6. The normalized spacial score (nSPS) is 10.0. The van der Waals surface area contributed by atoms with Crippen LogP contribution in [0.3, 0.4) is 0 Å². The summed E-state index contributed by atoms with van der Waals surface area (Å²) < 4.78 is 0. The Hall–Kier alpha value is -2.15. The van der Waals surface area contributed by atoms with Gasteiger partial charge in [-0.1, -0.05) is 0 Å². The molecule has 0 aromatic heterocycles. The summed E-state index contributed by atoms with van der Waals surface area (Å²) in [6, 6.07) is 3.24. The Bertz CT molecular complexity index is 446. The van der Waals surface area contributed by atoms with Crippen molar-refractivity contribution in [2.24, 2.45) is 0 Å². The van der Waals surface area contributed by atoms with E-state index in [1.807, 2.05) is 0 Å². The van der Waals surface area contributed by atoms with E-state index in [0.29, 0.717) is 0 Å². The molecule has 0 saturated carbocycles. The second-order valence-corrected chi connectivity index (χ2v) is 3.41. The number of benzene rings is 1. The first-order valence-corrected chi connectivity index (χ1v) is 4.81. The topological polar surface area (TPSA) is 104 Å². The van der Waals surface area contributed by atoms with Gasteiger partial charge >= 0.3 is 0 Å². The van der Waals surface area contributed by atoms with E-state index in [2.05, 4.69) is 0 Å². The summed E-state index contributed by atoms with van der Waals surface area (Å²) in [5.41, 5.74) is -0.580. The number of aromatic hydroxyl groups is 1. The average molecular weight is 240 g/mol. The van der Waals surface area contributed by atoms with E-state index in [0.717, 1.165) is 23.1 Å². The molecule has 1 aromatic carbocycles. The van der Waals surface area contributed by atoms with Crippen molar-refractivity contribution in [2.45, 2.75) is 0 Å². The number of hydrogen-bond donors (Lipinski definition) is 2. The van der Waals surface area contributed by atoms with Crippen molar-refractivity contribution >= 4 is 11.6 Å². The minimum absolute atomic E-state index is 0.0612. The maximum atomic E-state index is 11.8. The van der Waals surface area contributed by atoms with Crippen molar-refractivity contribution in [3.63, 3.8) is 0 Å². The zero-order valence-electron chi connectivity index (χ0n) is 9.16. The van der Waals surface area contributed by atoms with Crippen LogP contribution < -0.4 is 0 Å². The van der Waals surface area contributed by atoms with Crippen molar-refractivity contribution in [1.82, 2.24) is 4.90 Å². The largest absolute Gasteiger partial charge is 0.508 e. The lowest BCUT2D eigenvalue weighted by Crippen LogP contribution is -2.29. The van der Waals surface area contributed by atoms with Gasteiger partial charge in [-0.05, 0) is 12.1 Å². The van der Waals surface area contributed by atoms with Crippen molar-refractivity contribution in [3.05, 3.63) is 33.9 Å².